The number of fused-ring (bicyclic) bond motifs is 1. The second-order valence-electron chi connectivity index (χ2n) is 7.08. The summed E-state index contributed by atoms with van der Waals surface area (Å²) in [6.45, 7) is 6.20. The van der Waals surface area contributed by atoms with E-state index in [0.717, 1.165) is 28.7 Å². The Hall–Kier alpha value is -3.25. The molecule has 4 aromatic rings. The third kappa shape index (κ3) is 4.44. The van der Waals surface area contributed by atoms with Crippen LogP contribution in [0, 0.1) is 0 Å². The van der Waals surface area contributed by atoms with Gasteiger partial charge in [-0.3, -0.25) is 4.79 Å². The SMILES string of the molecule is CCN(CC)c1ccc(/C=N\n2c(-c3ccc(Br)cc3)nc3ccccc3c2=O)cc1. The molecule has 0 aliphatic rings. The van der Waals surface area contributed by atoms with Crippen molar-refractivity contribution >= 4 is 38.7 Å². The monoisotopic (exact) mass is 474 g/mol. The Morgan fingerprint density at radius 2 is 1.65 bits per heavy atom. The zero-order valence-electron chi connectivity index (χ0n) is 17.5. The van der Waals surface area contributed by atoms with Crippen molar-refractivity contribution in [2.24, 2.45) is 5.10 Å². The van der Waals surface area contributed by atoms with Gasteiger partial charge in [0.25, 0.3) is 5.56 Å². The van der Waals surface area contributed by atoms with Crippen LogP contribution in [-0.4, -0.2) is 29.0 Å². The molecule has 4 rings (SSSR count). The van der Waals surface area contributed by atoms with Crippen molar-refractivity contribution in [3.63, 3.8) is 0 Å². The van der Waals surface area contributed by atoms with Gasteiger partial charge < -0.3 is 4.90 Å². The van der Waals surface area contributed by atoms with Gasteiger partial charge in [-0.25, -0.2) is 4.98 Å². The number of hydrogen-bond donors (Lipinski definition) is 0. The van der Waals surface area contributed by atoms with Crippen LogP contribution in [0.4, 0.5) is 5.69 Å². The molecule has 0 unspecified atom stereocenters. The number of rotatable bonds is 6. The van der Waals surface area contributed by atoms with E-state index in [1.165, 1.54) is 10.4 Å². The van der Waals surface area contributed by atoms with Crippen LogP contribution in [0.5, 0.6) is 0 Å². The summed E-state index contributed by atoms with van der Waals surface area (Å²) in [7, 11) is 0. The lowest BCUT2D eigenvalue weighted by molar-refractivity contribution is 0.829. The first-order chi connectivity index (χ1) is 15.1. The van der Waals surface area contributed by atoms with Crippen molar-refractivity contribution in [1.29, 1.82) is 0 Å². The molecule has 156 valence electrons. The molecule has 0 aliphatic carbocycles. The normalized spacial score (nSPS) is 11.3. The van der Waals surface area contributed by atoms with E-state index in [0.29, 0.717) is 16.7 Å². The number of aromatic nitrogens is 2. The van der Waals surface area contributed by atoms with Crippen LogP contribution in [0.25, 0.3) is 22.3 Å². The highest BCUT2D eigenvalue weighted by atomic mass is 79.9. The first-order valence-corrected chi connectivity index (χ1v) is 11.1. The van der Waals surface area contributed by atoms with Gasteiger partial charge in [0.1, 0.15) is 0 Å². The summed E-state index contributed by atoms with van der Waals surface area (Å²) < 4.78 is 2.34. The largest absolute Gasteiger partial charge is 0.372 e. The number of para-hydroxylation sites is 1. The standard InChI is InChI=1S/C25H23BrN4O/c1-3-29(4-2)21-15-9-18(10-16-21)17-27-30-24(19-11-13-20(26)14-12-19)28-23-8-6-5-7-22(23)25(30)31/h5-17H,3-4H2,1-2H3/b27-17-. The molecule has 0 bridgehead atoms. The second-order valence-corrected chi connectivity index (χ2v) is 8.00. The fourth-order valence-electron chi connectivity index (χ4n) is 3.50. The van der Waals surface area contributed by atoms with Gasteiger partial charge >= 0.3 is 0 Å². The van der Waals surface area contributed by atoms with Gasteiger partial charge in [-0.2, -0.15) is 9.78 Å². The molecular formula is C25H23BrN4O. The molecule has 0 N–H and O–H groups in total. The third-order valence-corrected chi connectivity index (χ3v) is 5.73. The van der Waals surface area contributed by atoms with Crippen molar-refractivity contribution < 1.29 is 0 Å². The van der Waals surface area contributed by atoms with Gasteiger partial charge in [-0.1, -0.05) is 52.3 Å². The van der Waals surface area contributed by atoms with E-state index in [1.54, 1.807) is 12.3 Å². The van der Waals surface area contributed by atoms with E-state index in [1.807, 2.05) is 54.6 Å². The van der Waals surface area contributed by atoms with Crippen molar-refractivity contribution in [2.45, 2.75) is 13.8 Å². The fourth-order valence-corrected chi connectivity index (χ4v) is 3.77. The van der Waals surface area contributed by atoms with E-state index in [-0.39, 0.29) is 5.56 Å². The molecule has 6 heteroatoms. The molecule has 3 aromatic carbocycles. The Morgan fingerprint density at radius 3 is 2.32 bits per heavy atom. The van der Waals surface area contributed by atoms with Crippen LogP contribution < -0.4 is 10.5 Å². The second kappa shape index (κ2) is 9.27. The van der Waals surface area contributed by atoms with Crippen LogP contribution in [0.3, 0.4) is 0 Å². The molecule has 1 heterocycles. The quantitative estimate of drug-likeness (QED) is 0.344. The summed E-state index contributed by atoms with van der Waals surface area (Å²) in [5.41, 5.74) is 3.36. The maximum atomic E-state index is 13.2. The van der Waals surface area contributed by atoms with Gasteiger partial charge in [0.15, 0.2) is 5.82 Å². The number of benzene rings is 3. The molecule has 0 amide bonds. The predicted octanol–water partition coefficient (Wildman–Crippen LogP) is 5.55. The maximum absolute atomic E-state index is 13.2. The summed E-state index contributed by atoms with van der Waals surface area (Å²) in [4.78, 5) is 20.2. The summed E-state index contributed by atoms with van der Waals surface area (Å²) in [5, 5.41) is 5.07. The Labute approximate surface area is 189 Å². The molecular weight excluding hydrogens is 452 g/mol. The minimum absolute atomic E-state index is 0.195. The van der Waals surface area contributed by atoms with Crippen molar-refractivity contribution in [3.8, 4) is 11.4 Å². The van der Waals surface area contributed by atoms with E-state index < -0.39 is 0 Å². The first kappa shape index (κ1) is 21.0. The molecule has 0 spiro atoms. The van der Waals surface area contributed by atoms with E-state index >= 15 is 0 Å². The Bertz CT molecular complexity index is 1270. The maximum Gasteiger partial charge on any atom is 0.282 e. The van der Waals surface area contributed by atoms with Gasteiger partial charge in [-0.15, -0.1) is 0 Å². The van der Waals surface area contributed by atoms with Gasteiger partial charge in [0.05, 0.1) is 17.1 Å². The molecule has 0 saturated carbocycles. The lowest BCUT2D eigenvalue weighted by Gasteiger charge is -2.20. The average Bonchev–Trinajstić information content (AvgIpc) is 2.80. The van der Waals surface area contributed by atoms with Crippen molar-refractivity contribution in [2.75, 3.05) is 18.0 Å². The minimum atomic E-state index is -0.195. The zero-order valence-corrected chi connectivity index (χ0v) is 19.1. The predicted molar refractivity (Wildman–Crippen MR) is 132 cm³/mol. The molecule has 31 heavy (non-hydrogen) atoms. The number of nitrogens with zero attached hydrogens (tertiary/aromatic N) is 4. The molecule has 5 nitrogen and oxygen atoms in total. The van der Waals surface area contributed by atoms with Crippen molar-refractivity contribution in [1.82, 2.24) is 9.66 Å². The lowest BCUT2D eigenvalue weighted by atomic mass is 10.2. The van der Waals surface area contributed by atoms with E-state index in [9.17, 15) is 4.79 Å². The van der Waals surface area contributed by atoms with E-state index in [4.69, 9.17) is 4.98 Å². The highest BCUT2D eigenvalue weighted by molar-refractivity contribution is 9.10. The number of anilines is 1. The zero-order chi connectivity index (χ0) is 21.8. The fraction of sp³-hybridized carbons (Fsp3) is 0.160. The number of hydrogen-bond acceptors (Lipinski definition) is 4. The first-order valence-electron chi connectivity index (χ1n) is 10.3. The van der Waals surface area contributed by atoms with Crippen molar-refractivity contribution in [3.05, 3.63) is 93.2 Å². The molecule has 0 saturated heterocycles. The Kier molecular flexibility index (Phi) is 6.28. The summed E-state index contributed by atoms with van der Waals surface area (Å²) in [5.74, 6) is 0.507. The molecule has 0 radical (unpaired) electrons. The van der Waals surface area contributed by atoms with Crippen LogP contribution >= 0.6 is 15.9 Å². The Balaban J connectivity index is 1.79. The van der Waals surface area contributed by atoms with Gasteiger partial charge in [-0.05, 0) is 55.8 Å². The minimum Gasteiger partial charge on any atom is -0.372 e. The molecule has 1 aromatic heterocycles. The topological polar surface area (TPSA) is 50.5 Å². The summed E-state index contributed by atoms with van der Waals surface area (Å²) >= 11 is 3.46. The average molecular weight is 475 g/mol. The highest BCUT2D eigenvalue weighted by Gasteiger charge is 2.12. The Morgan fingerprint density at radius 1 is 0.968 bits per heavy atom. The van der Waals surface area contributed by atoms with Gasteiger partial charge in [0.2, 0.25) is 0 Å². The highest BCUT2D eigenvalue weighted by Crippen LogP contribution is 2.21. The van der Waals surface area contributed by atoms with Crippen LogP contribution in [0.2, 0.25) is 0 Å². The van der Waals surface area contributed by atoms with Crippen LogP contribution in [0.15, 0.2) is 87.2 Å². The van der Waals surface area contributed by atoms with Crippen LogP contribution in [0.1, 0.15) is 19.4 Å². The van der Waals surface area contributed by atoms with Gasteiger partial charge in [0, 0.05) is 28.8 Å². The molecule has 0 atom stereocenters. The van der Waals surface area contributed by atoms with E-state index in [2.05, 4.69) is 51.9 Å². The third-order valence-electron chi connectivity index (χ3n) is 5.20. The summed E-state index contributed by atoms with van der Waals surface area (Å²) in [6, 6.07) is 23.2. The molecule has 0 fully saturated rings. The molecule has 0 aliphatic heterocycles. The smallest absolute Gasteiger partial charge is 0.282 e. The number of halogens is 1. The lowest BCUT2D eigenvalue weighted by Crippen LogP contribution is -2.21. The summed E-state index contributed by atoms with van der Waals surface area (Å²) in [6.07, 6.45) is 1.70. The van der Waals surface area contributed by atoms with Crippen LogP contribution in [-0.2, 0) is 0 Å².